The van der Waals surface area contributed by atoms with Crippen LogP contribution in [-0.2, 0) is 23.4 Å². The molecule has 1 fully saturated rings. The third kappa shape index (κ3) is 6.20. The number of nitrogens with zero attached hydrogens (tertiary/aromatic N) is 4. The van der Waals surface area contributed by atoms with Crippen LogP contribution in [0.25, 0.3) is 21.9 Å². The lowest BCUT2D eigenvalue weighted by atomic mass is 9.98. The van der Waals surface area contributed by atoms with Crippen LogP contribution in [0.15, 0.2) is 55.1 Å². The molecule has 0 spiro atoms. The van der Waals surface area contributed by atoms with Crippen LogP contribution in [0.4, 0.5) is 10.2 Å². The van der Waals surface area contributed by atoms with Crippen molar-refractivity contribution >= 4 is 41.5 Å². The van der Waals surface area contributed by atoms with Gasteiger partial charge in [-0.05, 0) is 39.1 Å². The highest BCUT2D eigenvalue weighted by atomic mass is 31.2. The molecule has 0 bridgehead atoms. The van der Waals surface area contributed by atoms with Crippen molar-refractivity contribution in [3.8, 4) is 5.75 Å². The predicted molar refractivity (Wildman–Crippen MR) is 156 cm³/mol. The number of aliphatic hydroxyl groups is 1. The number of halogens is 1. The number of nitrogens with one attached hydrogen (secondary N) is 2. The van der Waals surface area contributed by atoms with Crippen LogP contribution in [0.2, 0.25) is 0 Å². The van der Waals surface area contributed by atoms with Crippen molar-refractivity contribution in [3.05, 3.63) is 55.1 Å². The zero-order valence-electron chi connectivity index (χ0n) is 24.3. The second-order valence-electron chi connectivity index (χ2n) is 10.6. The van der Waals surface area contributed by atoms with E-state index in [0.717, 1.165) is 5.39 Å². The van der Waals surface area contributed by atoms with Gasteiger partial charge in [-0.25, -0.2) is 23.9 Å². The van der Waals surface area contributed by atoms with E-state index in [1.165, 1.54) is 31.1 Å². The summed E-state index contributed by atoms with van der Waals surface area (Å²) >= 11 is 0. The Morgan fingerprint density at radius 1 is 1.19 bits per heavy atom. The van der Waals surface area contributed by atoms with E-state index in [1.54, 1.807) is 45.2 Å². The first kappa shape index (κ1) is 30.8. The molecule has 15 heteroatoms. The van der Waals surface area contributed by atoms with Gasteiger partial charge in [0.2, 0.25) is 0 Å². The maximum absolute atomic E-state index is 16.1. The molecule has 3 N–H and O–H groups in total. The number of rotatable bonds is 11. The molecular weight excluding hydrogens is 582 g/mol. The lowest BCUT2D eigenvalue weighted by molar-refractivity contribution is -0.149. The Bertz CT molecular complexity index is 1660. The number of carbonyl (C=O) groups excluding carboxylic acids is 1. The fourth-order valence-corrected chi connectivity index (χ4v) is 6.37. The SMILES string of the molecule is CNc1ncnc2c1ncn2[C@@H]1O[C@H](COP(=O)(N[C@@H](C)C(=O)OC(C)C)Oc2cccc3ccccc23)[C@@H](O)[C@@]1(C)F. The van der Waals surface area contributed by atoms with Crippen molar-refractivity contribution in [1.82, 2.24) is 24.6 Å². The van der Waals surface area contributed by atoms with E-state index >= 15 is 4.39 Å². The van der Waals surface area contributed by atoms with Gasteiger partial charge in [-0.15, -0.1) is 0 Å². The molecule has 13 nitrogen and oxygen atoms in total. The van der Waals surface area contributed by atoms with E-state index in [-0.39, 0.29) is 11.4 Å². The van der Waals surface area contributed by atoms with E-state index in [9.17, 15) is 14.5 Å². The fourth-order valence-electron chi connectivity index (χ4n) is 4.85. The number of alkyl halides is 1. The van der Waals surface area contributed by atoms with Gasteiger partial charge in [0, 0.05) is 12.4 Å². The molecule has 3 heterocycles. The summed E-state index contributed by atoms with van der Waals surface area (Å²) in [6.07, 6.45) is -2.11. The Hall–Kier alpha value is -3.68. The van der Waals surface area contributed by atoms with Crippen molar-refractivity contribution < 1.29 is 37.4 Å². The average molecular weight is 617 g/mol. The molecule has 2 aromatic heterocycles. The molecule has 1 unspecified atom stereocenters. The van der Waals surface area contributed by atoms with Crippen molar-refractivity contribution in [2.75, 3.05) is 19.0 Å². The highest BCUT2D eigenvalue weighted by molar-refractivity contribution is 7.52. The molecule has 4 aromatic rings. The standard InChI is InChI=1S/C28H34FN6O7P/c1-16(2)40-26(37)17(3)34-43(38,42-20-12-8-10-18-9-6-7-11-19(18)20)39-13-21-23(36)28(4,29)27(41-21)35-15-33-22-24(30-5)31-14-32-25(22)35/h6-12,14-17,21,23,27,36H,13H2,1-5H3,(H,34,38)(H,30,31,32)/t17-,21+,23+,27+,28+,43?/m0/s1. The van der Waals surface area contributed by atoms with Gasteiger partial charge in [-0.3, -0.25) is 13.9 Å². The lowest BCUT2D eigenvalue weighted by Crippen LogP contribution is -2.41. The fraction of sp³-hybridized carbons (Fsp3) is 0.429. The van der Waals surface area contributed by atoms with Crippen LogP contribution in [-0.4, -0.2) is 74.3 Å². The smallest absolute Gasteiger partial charge is 0.459 e. The number of ether oxygens (including phenoxy) is 2. The number of benzene rings is 2. The van der Waals surface area contributed by atoms with Gasteiger partial charge in [0.05, 0.1) is 19.0 Å². The Morgan fingerprint density at radius 2 is 1.93 bits per heavy atom. The van der Waals surface area contributed by atoms with Gasteiger partial charge >= 0.3 is 13.7 Å². The van der Waals surface area contributed by atoms with Gasteiger partial charge in [0.15, 0.2) is 23.4 Å². The minimum atomic E-state index is -4.36. The molecule has 1 aliphatic rings. The Kier molecular flexibility index (Phi) is 8.68. The first-order chi connectivity index (χ1) is 20.4. The molecule has 5 rings (SSSR count). The highest BCUT2D eigenvalue weighted by Crippen LogP contribution is 2.49. The molecule has 1 saturated heterocycles. The summed E-state index contributed by atoms with van der Waals surface area (Å²) in [6.45, 7) is 5.45. The maximum atomic E-state index is 16.1. The quantitative estimate of drug-likeness (QED) is 0.164. The molecule has 0 amide bonds. The second-order valence-corrected chi connectivity index (χ2v) is 12.3. The summed E-state index contributed by atoms with van der Waals surface area (Å²) < 4.78 is 54.4. The number of anilines is 1. The topological polar surface area (TPSA) is 159 Å². The largest absolute Gasteiger partial charge is 0.462 e. The number of esters is 1. The van der Waals surface area contributed by atoms with Gasteiger partial charge in [-0.1, -0.05) is 36.4 Å². The van der Waals surface area contributed by atoms with Crippen LogP contribution in [0, 0.1) is 0 Å². The van der Waals surface area contributed by atoms with Gasteiger partial charge in [0.1, 0.15) is 35.8 Å². The number of aromatic nitrogens is 4. The number of fused-ring (bicyclic) bond motifs is 2. The molecule has 1 aliphatic heterocycles. The summed E-state index contributed by atoms with van der Waals surface area (Å²) in [4.78, 5) is 25.2. The van der Waals surface area contributed by atoms with E-state index in [0.29, 0.717) is 16.7 Å². The summed E-state index contributed by atoms with van der Waals surface area (Å²) in [6, 6.07) is 11.4. The van der Waals surface area contributed by atoms with Crippen LogP contribution < -0.4 is 14.9 Å². The normalized spacial score (nSPS) is 24.2. The minimum absolute atomic E-state index is 0.226. The molecular formula is C28H34FN6O7P. The highest BCUT2D eigenvalue weighted by Gasteiger charge is 2.56. The number of imidazole rings is 1. The van der Waals surface area contributed by atoms with Crippen molar-refractivity contribution in [2.24, 2.45) is 0 Å². The number of aliphatic hydroxyl groups excluding tert-OH is 1. The van der Waals surface area contributed by atoms with Gasteiger partial charge in [0.25, 0.3) is 0 Å². The Balaban J connectivity index is 1.40. The number of hydrogen-bond acceptors (Lipinski definition) is 11. The van der Waals surface area contributed by atoms with Gasteiger partial charge in [-0.2, -0.15) is 5.09 Å². The molecule has 230 valence electrons. The zero-order valence-corrected chi connectivity index (χ0v) is 25.2. The molecule has 43 heavy (non-hydrogen) atoms. The van der Waals surface area contributed by atoms with Crippen molar-refractivity contribution in [2.45, 2.75) is 63.9 Å². The van der Waals surface area contributed by atoms with E-state index in [1.807, 2.05) is 18.2 Å². The van der Waals surface area contributed by atoms with Crippen LogP contribution in [0.5, 0.6) is 5.75 Å². The third-order valence-corrected chi connectivity index (χ3v) is 8.63. The third-order valence-electron chi connectivity index (χ3n) is 7.00. The maximum Gasteiger partial charge on any atom is 0.459 e. The van der Waals surface area contributed by atoms with Crippen molar-refractivity contribution in [1.29, 1.82) is 0 Å². The first-order valence-electron chi connectivity index (χ1n) is 13.7. The number of carbonyl (C=O) groups is 1. The lowest BCUT2D eigenvalue weighted by Gasteiger charge is -2.26. The summed E-state index contributed by atoms with van der Waals surface area (Å²) in [5.41, 5.74) is -1.65. The number of hydrogen-bond donors (Lipinski definition) is 3. The molecule has 0 radical (unpaired) electrons. The molecule has 2 aromatic carbocycles. The predicted octanol–water partition coefficient (Wildman–Crippen LogP) is 4.14. The minimum Gasteiger partial charge on any atom is -0.462 e. The first-order valence-corrected chi connectivity index (χ1v) is 15.3. The average Bonchev–Trinajstić information content (AvgIpc) is 3.49. The second kappa shape index (κ2) is 12.1. The van der Waals surface area contributed by atoms with Crippen LogP contribution in [0.3, 0.4) is 0 Å². The molecule has 6 atom stereocenters. The Morgan fingerprint density at radius 3 is 2.67 bits per heavy atom. The summed E-state index contributed by atoms with van der Waals surface area (Å²) in [5.74, 6) is -0.0152. The zero-order chi connectivity index (χ0) is 30.9. The van der Waals surface area contributed by atoms with E-state index in [2.05, 4.69) is 25.4 Å². The van der Waals surface area contributed by atoms with Crippen molar-refractivity contribution in [3.63, 3.8) is 0 Å². The van der Waals surface area contributed by atoms with Gasteiger partial charge < -0.3 is 24.4 Å². The molecule has 0 aliphatic carbocycles. The summed E-state index contributed by atoms with van der Waals surface area (Å²) in [7, 11) is -2.70. The van der Waals surface area contributed by atoms with Crippen LogP contribution in [0.1, 0.15) is 33.9 Å². The Labute approximate surface area is 247 Å². The van der Waals surface area contributed by atoms with Crippen LogP contribution >= 0.6 is 7.75 Å². The van der Waals surface area contributed by atoms with E-state index in [4.69, 9.17) is 18.5 Å². The molecule has 0 saturated carbocycles. The summed E-state index contributed by atoms with van der Waals surface area (Å²) in [5, 5.41) is 18.0. The monoisotopic (exact) mass is 616 g/mol. The van der Waals surface area contributed by atoms with E-state index < -0.39 is 56.6 Å².